The standard InChI is InChI=1S/C23H22F2N6O3/c24-13-4-3-5-14(8-13)27-23(33)28-15-9-19-21(32)26-11-16(31(19)12-15)10-20-29-30-22(34-20)17-6-1-2-7-18(17)25/h1-8,15-16,19H,9-12H2,(H,26,32)(H2,27,28,33)/t15-,16+,19-/m0/s1. The number of nitrogens with zero attached hydrogens (tertiary/aromatic N) is 3. The molecule has 3 heterocycles. The molecule has 0 unspecified atom stereocenters. The molecule has 2 aliphatic heterocycles. The van der Waals surface area contributed by atoms with E-state index in [4.69, 9.17) is 4.42 Å². The maximum absolute atomic E-state index is 14.0. The highest BCUT2D eigenvalue weighted by Gasteiger charge is 2.44. The highest BCUT2D eigenvalue weighted by atomic mass is 19.1. The predicted octanol–water partition coefficient (Wildman–Crippen LogP) is 2.32. The van der Waals surface area contributed by atoms with Gasteiger partial charge in [0.1, 0.15) is 11.6 Å². The second kappa shape index (κ2) is 9.18. The summed E-state index contributed by atoms with van der Waals surface area (Å²) in [6, 6.07) is 10.5. The first-order valence-electron chi connectivity index (χ1n) is 10.9. The van der Waals surface area contributed by atoms with E-state index in [1.165, 1.54) is 24.3 Å². The summed E-state index contributed by atoms with van der Waals surface area (Å²) >= 11 is 0. The average Bonchev–Trinajstić information content (AvgIpc) is 3.44. The molecule has 176 valence electrons. The summed E-state index contributed by atoms with van der Waals surface area (Å²) in [6.07, 6.45) is 0.795. The summed E-state index contributed by atoms with van der Waals surface area (Å²) in [5.41, 5.74) is 0.566. The lowest BCUT2D eigenvalue weighted by Gasteiger charge is -2.36. The smallest absolute Gasteiger partial charge is 0.319 e. The molecule has 0 spiro atoms. The quantitative estimate of drug-likeness (QED) is 0.530. The number of carbonyl (C=O) groups excluding carboxylic acids is 2. The lowest BCUT2D eigenvalue weighted by Crippen LogP contribution is -2.58. The molecule has 2 aromatic carbocycles. The van der Waals surface area contributed by atoms with Crippen molar-refractivity contribution >= 4 is 17.6 Å². The lowest BCUT2D eigenvalue weighted by atomic mass is 10.1. The van der Waals surface area contributed by atoms with Crippen LogP contribution in [-0.4, -0.2) is 58.3 Å². The zero-order chi connectivity index (χ0) is 23.7. The van der Waals surface area contributed by atoms with Crippen molar-refractivity contribution in [2.24, 2.45) is 0 Å². The minimum Gasteiger partial charge on any atom is -0.421 e. The van der Waals surface area contributed by atoms with Crippen molar-refractivity contribution in [1.82, 2.24) is 25.7 Å². The second-order valence-electron chi connectivity index (χ2n) is 8.34. The molecule has 1 aromatic heterocycles. The monoisotopic (exact) mass is 468 g/mol. The van der Waals surface area contributed by atoms with Crippen LogP contribution in [0.1, 0.15) is 12.3 Å². The zero-order valence-corrected chi connectivity index (χ0v) is 18.0. The number of aromatic nitrogens is 2. The minimum atomic E-state index is -0.473. The summed E-state index contributed by atoms with van der Waals surface area (Å²) < 4.78 is 33.1. The fourth-order valence-corrected chi connectivity index (χ4v) is 4.47. The molecule has 3 aromatic rings. The molecule has 9 nitrogen and oxygen atoms in total. The van der Waals surface area contributed by atoms with Gasteiger partial charge in [0.2, 0.25) is 11.8 Å². The molecule has 11 heteroatoms. The Morgan fingerprint density at radius 1 is 1.18 bits per heavy atom. The van der Waals surface area contributed by atoms with Gasteiger partial charge in [0.05, 0.1) is 11.6 Å². The Morgan fingerprint density at radius 3 is 2.85 bits per heavy atom. The number of piperazine rings is 1. The van der Waals surface area contributed by atoms with Gasteiger partial charge in [-0.3, -0.25) is 9.69 Å². The van der Waals surface area contributed by atoms with Crippen LogP contribution in [0.2, 0.25) is 0 Å². The average molecular weight is 468 g/mol. The molecular weight excluding hydrogens is 446 g/mol. The lowest BCUT2D eigenvalue weighted by molar-refractivity contribution is -0.129. The van der Waals surface area contributed by atoms with Crippen LogP contribution in [0.4, 0.5) is 19.3 Å². The first kappa shape index (κ1) is 22.0. The number of anilines is 1. The van der Waals surface area contributed by atoms with E-state index < -0.39 is 23.7 Å². The maximum atomic E-state index is 14.0. The normalized spacial score (nSPS) is 22.2. The van der Waals surface area contributed by atoms with E-state index in [-0.39, 0.29) is 29.4 Å². The SMILES string of the molecule is O=C(Nc1cccc(F)c1)N[C@H]1C[C@H]2C(=O)NC[C@@H](Cc3nnc(-c4ccccc4F)o3)N2C1. The minimum absolute atomic E-state index is 0.0967. The summed E-state index contributed by atoms with van der Waals surface area (Å²) in [5, 5.41) is 16.4. The fourth-order valence-electron chi connectivity index (χ4n) is 4.47. The third-order valence-electron chi connectivity index (χ3n) is 6.02. The van der Waals surface area contributed by atoms with E-state index in [9.17, 15) is 18.4 Å². The molecule has 2 fully saturated rings. The van der Waals surface area contributed by atoms with Gasteiger partial charge in [-0.1, -0.05) is 18.2 Å². The molecule has 2 aliphatic rings. The number of hydrogen-bond acceptors (Lipinski definition) is 6. The van der Waals surface area contributed by atoms with E-state index in [1.807, 2.05) is 4.90 Å². The van der Waals surface area contributed by atoms with Crippen LogP contribution in [-0.2, 0) is 11.2 Å². The first-order chi connectivity index (χ1) is 16.5. The van der Waals surface area contributed by atoms with Crippen LogP contribution in [0.3, 0.4) is 0 Å². The number of nitrogens with one attached hydrogen (secondary N) is 3. The van der Waals surface area contributed by atoms with Crippen molar-refractivity contribution in [1.29, 1.82) is 0 Å². The van der Waals surface area contributed by atoms with Crippen LogP contribution >= 0.6 is 0 Å². The van der Waals surface area contributed by atoms with Gasteiger partial charge >= 0.3 is 6.03 Å². The third-order valence-corrected chi connectivity index (χ3v) is 6.02. The van der Waals surface area contributed by atoms with Crippen LogP contribution in [0.15, 0.2) is 52.9 Å². The van der Waals surface area contributed by atoms with Gasteiger partial charge in [-0.05, 0) is 36.8 Å². The molecule has 0 aliphatic carbocycles. The molecule has 5 rings (SSSR count). The summed E-state index contributed by atoms with van der Waals surface area (Å²) in [4.78, 5) is 26.8. The summed E-state index contributed by atoms with van der Waals surface area (Å²) in [6.45, 7) is 0.836. The van der Waals surface area contributed by atoms with E-state index in [0.29, 0.717) is 37.5 Å². The number of urea groups is 1. The van der Waals surface area contributed by atoms with Gasteiger partial charge < -0.3 is 20.4 Å². The topological polar surface area (TPSA) is 112 Å². The molecule has 0 saturated carbocycles. The molecule has 3 amide bonds. The van der Waals surface area contributed by atoms with E-state index in [1.54, 1.807) is 24.3 Å². The van der Waals surface area contributed by atoms with Gasteiger partial charge in [-0.15, -0.1) is 10.2 Å². The molecule has 0 radical (unpaired) electrons. The molecule has 3 N–H and O–H groups in total. The number of rotatable bonds is 5. The largest absolute Gasteiger partial charge is 0.421 e. The Morgan fingerprint density at radius 2 is 2.03 bits per heavy atom. The van der Waals surface area contributed by atoms with Crippen LogP contribution in [0.25, 0.3) is 11.5 Å². The first-order valence-corrected chi connectivity index (χ1v) is 10.9. The predicted molar refractivity (Wildman–Crippen MR) is 118 cm³/mol. The highest BCUT2D eigenvalue weighted by molar-refractivity contribution is 5.89. The molecule has 2 saturated heterocycles. The van der Waals surface area contributed by atoms with E-state index in [0.717, 1.165) is 0 Å². The Kier molecular flexibility index (Phi) is 5.93. The van der Waals surface area contributed by atoms with Gasteiger partial charge in [0.15, 0.2) is 0 Å². The van der Waals surface area contributed by atoms with E-state index >= 15 is 0 Å². The second-order valence-corrected chi connectivity index (χ2v) is 8.34. The summed E-state index contributed by atoms with van der Waals surface area (Å²) in [7, 11) is 0. The number of amides is 3. The van der Waals surface area contributed by atoms with Crippen molar-refractivity contribution in [3.8, 4) is 11.5 Å². The van der Waals surface area contributed by atoms with Crippen molar-refractivity contribution in [3.63, 3.8) is 0 Å². The van der Waals surface area contributed by atoms with Crippen LogP contribution in [0.5, 0.6) is 0 Å². The molecule has 0 bridgehead atoms. The third kappa shape index (κ3) is 4.60. The highest BCUT2D eigenvalue weighted by Crippen LogP contribution is 2.27. The molecular formula is C23H22F2N6O3. The Hall–Kier alpha value is -3.86. The maximum Gasteiger partial charge on any atom is 0.319 e. The summed E-state index contributed by atoms with van der Waals surface area (Å²) in [5.74, 6) is -0.580. The molecule has 3 atom stereocenters. The van der Waals surface area contributed by atoms with Crippen molar-refractivity contribution in [3.05, 3.63) is 66.1 Å². The number of benzene rings is 2. The van der Waals surface area contributed by atoms with Crippen LogP contribution in [0, 0.1) is 11.6 Å². The van der Waals surface area contributed by atoms with E-state index in [2.05, 4.69) is 26.1 Å². The number of halogens is 2. The van der Waals surface area contributed by atoms with Crippen molar-refractivity contribution < 1.29 is 22.8 Å². The Labute approximate surface area is 193 Å². The van der Waals surface area contributed by atoms with Gasteiger partial charge in [0, 0.05) is 37.3 Å². The van der Waals surface area contributed by atoms with Crippen LogP contribution < -0.4 is 16.0 Å². The fraction of sp³-hybridized carbons (Fsp3) is 0.304. The number of hydrogen-bond donors (Lipinski definition) is 3. The van der Waals surface area contributed by atoms with Crippen molar-refractivity contribution in [2.75, 3.05) is 18.4 Å². The number of carbonyl (C=O) groups is 2. The molecule has 34 heavy (non-hydrogen) atoms. The van der Waals surface area contributed by atoms with Gasteiger partial charge in [-0.25, -0.2) is 13.6 Å². The Bertz CT molecular complexity index is 1220. The van der Waals surface area contributed by atoms with Gasteiger partial charge in [0.25, 0.3) is 5.89 Å². The Balaban J connectivity index is 1.23. The number of fused-ring (bicyclic) bond motifs is 1. The zero-order valence-electron chi connectivity index (χ0n) is 18.0. The van der Waals surface area contributed by atoms with Crippen molar-refractivity contribution in [2.45, 2.75) is 31.0 Å². The van der Waals surface area contributed by atoms with Gasteiger partial charge in [-0.2, -0.15) is 0 Å².